The minimum Gasteiger partial charge on any atom is -0.311 e. The van der Waals surface area contributed by atoms with Crippen molar-refractivity contribution in [2.45, 2.75) is 73.1 Å². The first-order chi connectivity index (χ1) is 62.0. The van der Waals surface area contributed by atoms with E-state index in [-0.39, 0.29) is 24.3 Å². The molecule has 0 radical (unpaired) electrons. The molecule has 0 spiro atoms. The molecule has 18 aromatic carbocycles. The lowest BCUT2D eigenvalue weighted by molar-refractivity contribution is 0.590. The van der Waals surface area contributed by atoms with Crippen LogP contribution in [0.1, 0.15) is 69.4 Å². The molecule has 0 unspecified atom stereocenters. The predicted molar refractivity (Wildman–Crippen MR) is 544 cm³/mol. The lowest BCUT2D eigenvalue weighted by Crippen LogP contribution is -2.61. The highest BCUT2D eigenvalue weighted by Crippen LogP contribution is 2.51. The monoisotopic (exact) mass is 1630 g/mol. The molecule has 4 aliphatic rings. The second kappa shape index (κ2) is 32.5. The summed E-state index contributed by atoms with van der Waals surface area (Å²) < 4.78 is 0. The summed E-state index contributed by atoms with van der Waals surface area (Å²) in [5.74, 6) is 0. The third kappa shape index (κ3) is 14.7. The number of nitrogens with zero attached hydrogens (tertiary/aromatic N) is 6. The average Bonchev–Trinajstić information content (AvgIpc) is 0.701. The fourth-order valence-corrected chi connectivity index (χ4v) is 19.5. The van der Waals surface area contributed by atoms with E-state index in [1.807, 2.05) is 0 Å². The minimum absolute atomic E-state index is 0.00590. The Kier molecular flexibility index (Phi) is 20.3. The number of benzene rings is 18. The predicted octanol–water partition coefficient (Wildman–Crippen LogP) is 28.7. The maximum absolute atomic E-state index is 2.51. The zero-order chi connectivity index (χ0) is 86.2. The molecule has 8 heteroatoms. The van der Waals surface area contributed by atoms with Crippen LogP contribution in [0.3, 0.4) is 0 Å². The van der Waals surface area contributed by atoms with Crippen LogP contribution < -0.4 is 62.2 Å². The molecule has 0 N–H and O–H groups in total. The largest absolute Gasteiger partial charge is 0.311 e. The summed E-state index contributed by atoms with van der Waals surface area (Å²) in [6.07, 6.45) is 0. The Labute approximate surface area is 749 Å². The first kappa shape index (κ1) is 79.1. The van der Waals surface area contributed by atoms with Crippen LogP contribution in [0.25, 0.3) is 44.5 Å². The van der Waals surface area contributed by atoms with Crippen LogP contribution in [0.5, 0.6) is 0 Å². The Morgan fingerprint density at radius 1 is 0.189 bits per heavy atom. The lowest BCUT2D eigenvalue weighted by Gasteiger charge is -2.44. The molecule has 4 heterocycles. The standard InChI is InChI=1S/C62H54BN3.C57H44BN3/c1-61(2,3)47-29-36-52(37-30-47)65-56-40-31-48(62(4,5)6)41-55(56)63-54-39-38-53(42-59(54)66(49-21-14-9-15-22-49)58-24-16-23-57(65)60(58)63)64(50-32-25-45(26-33-50)43-17-10-7-11-18-43)51-34-27-46(28-35-51)44-19-12-8-13-20-44;1-39-17-26-48(27-18-39)60-53-36-21-41(3)37-52(53)58-51-35-34-50(38-56(51)61(49-28-19-40(2)20-29-49)55-16-10-15-54(60)57(55)58)59(46-30-22-44(23-31-46)42-11-6-4-7-12-42)47-32-24-45(25-33-47)43-13-8-5-9-14-43/h7-42H,1-6H3;4-38H,1-3H3. The summed E-state index contributed by atoms with van der Waals surface area (Å²) in [7, 11) is 0. The van der Waals surface area contributed by atoms with Gasteiger partial charge in [-0.1, -0.05) is 331 Å². The third-order valence-corrected chi connectivity index (χ3v) is 26.0. The van der Waals surface area contributed by atoms with Crippen molar-refractivity contribution in [3.05, 3.63) is 459 Å². The topological polar surface area (TPSA) is 19.4 Å². The third-order valence-electron chi connectivity index (χ3n) is 26.0. The van der Waals surface area contributed by atoms with Gasteiger partial charge in [-0.3, -0.25) is 0 Å². The number of hydrogen-bond donors (Lipinski definition) is 0. The highest BCUT2D eigenvalue weighted by Gasteiger charge is 2.46. The van der Waals surface area contributed by atoms with E-state index in [4.69, 9.17) is 0 Å². The van der Waals surface area contributed by atoms with Gasteiger partial charge in [0.05, 0.1) is 0 Å². The van der Waals surface area contributed by atoms with Gasteiger partial charge in [0, 0.05) is 102 Å². The first-order valence-corrected chi connectivity index (χ1v) is 44.5. The Morgan fingerprint density at radius 2 is 0.457 bits per heavy atom. The number of aryl methyl sites for hydroxylation is 3. The van der Waals surface area contributed by atoms with Crippen molar-refractivity contribution in [3.63, 3.8) is 0 Å². The van der Waals surface area contributed by atoms with Gasteiger partial charge in [0.1, 0.15) is 0 Å². The molecule has 0 atom stereocenters. The molecular formula is C119H98B2N6. The molecule has 18 aromatic rings. The van der Waals surface area contributed by atoms with Gasteiger partial charge in [-0.15, -0.1) is 0 Å². The molecule has 4 aliphatic heterocycles. The van der Waals surface area contributed by atoms with E-state index in [0.717, 1.165) is 51.2 Å². The van der Waals surface area contributed by atoms with Gasteiger partial charge >= 0.3 is 0 Å². The molecule has 0 saturated heterocycles. The second-order valence-corrected chi connectivity index (χ2v) is 36.3. The van der Waals surface area contributed by atoms with E-state index >= 15 is 0 Å². The van der Waals surface area contributed by atoms with E-state index < -0.39 is 0 Å². The van der Waals surface area contributed by atoms with E-state index in [1.165, 1.54) is 156 Å². The number of anilines is 18. The van der Waals surface area contributed by atoms with Crippen LogP contribution >= 0.6 is 0 Å². The molecule has 610 valence electrons. The van der Waals surface area contributed by atoms with Crippen molar-refractivity contribution in [3.8, 4) is 44.5 Å². The van der Waals surface area contributed by atoms with Gasteiger partial charge in [0.25, 0.3) is 13.4 Å². The highest BCUT2D eigenvalue weighted by molar-refractivity contribution is 7.01. The summed E-state index contributed by atoms with van der Waals surface area (Å²) in [5.41, 5.74) is 44.7. The Morgan fingerprint density at radius 3 is 0.795 bits per heavy atom. The maximum Gasteiger partial charge on any atom is 0.252 e. The minimum atomic E-state index is -0.0297. The number of rotatable bonds is 14. The molecule has 127 heavy (non-hydrogen) atoms. The fourth-order valence-electron chi connectivity index (χ4n) is 19.5. The molecule has 6 nitrogen and oxygen atoms in total. The molecule has 0 saturated carbocycles. The second-order valence-electron chi connectivity index (χ2n) is 36.3. The Hall–Kier alpha value is -15.1. The van der Waals surface area contributed by atoms with E-state index in [2.05, 4.69) is 522 Å². The normalized spacial score (nSPS) is 12.7. The zero-order valence-electron chi connectivity index (χ0n) is 73.3. The van der Waals surface area contributed by atoms with Crippen molar-refractivity contribution < 1.29 is 0 Å². The van der Waals surface area contributed by atoms with Gasteiger partial charge in [-0.25, -0.2) is 0 Å². The number of hydrogen-bond acceptors (Lipinski definition) is 6. The van der Waals surface area contributed by atoms with Crippen LogP contribution in [0.4, 0.5) is 102 Å². The summed E-state index contributed by atoms with van der Waals surface area (Å²) in [6, 6.07) is 159. The summed E-state index contributed by atoms with van der Waals surface area (Å²) in [4.78, 5) is 14.8. The molecule has 0 aromatic heterocycles. The van der Waals surface area contributed by atoms with Gasteiger partial charge in [0.15, 0.2) is 0 Å². The molecule has 22 rings (SSSR count). The Bertz CT molecular complexity index is 6910. The molecule has 0 fully saturated rings. The molecule has 0 aliphatic carbocycles. The van der Waals surface area contributed by atoms with E-state index in [1.54, 1.807) is 0 Å². The van der Waals surface area contributed by atoms with E-state index in [9.17, 15) is 0 Å². The van der Waals surface area contributed by atoms with Gasteiger partial charge in [-0.05, 0) is 278 Å². The van der Waals surface area contributed by atoms with Gasteiger partial charge in [-0.2, -0.15) is 0 Å². The summed E-state index contributed by atoms with van der Waals surface area (Å²) in [5, 5.41) is 0. The quantitative estimate of drug-likeness (QED) is 0.100. The van der Waals surface area contributed by atoms with Crippen molar-refractivity contribution in [1.82, 2.24) is 0 Å². The van der Waals surface area contributed by atoms with Crippen LogP contribution in [0.15, 0.2) is 431 Å². The first-order valence-electron chi connectivity index (χ1n) is 44.5. The van der Waals surface area contributed by atoms with Crippen LogP contribution in [-0.2, 0) is 10.8 Å². The van der Waals surface area contributed by atoms with Crippen LogP contribution in [0, 0.1) is 20.8 Å². The van der Waals surface area contributed by atoms with Crippen molar-refractivity contribution in [1.29, 1.82) is 0 Å². The maximum atomic E-state index is 2.51. The van der Waals surface area contributed by atoms with Crippen molar-refractivity contribution in [2.75, 3.05) is 29.4 Å². The van der Waals surface area contributed by atoms with E-state index in [0.29, 0.717) is 0 Å². The van der Waals surface area contributed by atoms with Crippen LogP contribution in [0.2, 0.25) is 0 Å². The summed E-state index contributed by atoms with van der Waals surface area (Å²) in [6.45, 7) is 20.4. The van der Waals surface area contributed by atoms with Crippen molar-refractivity contribution in [2.24, 2.45) is 0 Å². The molecule has 0 bridgehead atoms. The molecular weight excluding hydrogens is 1530 g/mol. The van der Waals surface area contributed by atoms with Gasteiger partial charge < -0.3 is 29.4 Å². The lowest BCUT2D eigenvalue weighted by atomic mass is 9.33. The summed E-state index contributed by atoms with van der Waals surface area (Å²) >= 11 is 0. The number of para-hydroxylation sites is 1. The smallest absolute Gasteiger partial charge is 0.252 e. The van der Waals surface area contributed by atoms with Gasteiger partial charge in [0.2, 0.25) is 0 Å². The SMILES string of the molecule is CC(C)(C)c1ccc(N2c3ccc(C(C)(C)C)cc3B3c4ccc(N(c5ccc(-c6ccccc6)cc5)c5ccc(-c6ccccc6)cc5)cc4N(c4ccccc4)c4cccc2c43)cc1.Cc1ccc(N2c3ccc(C)cc3B3c4ccc(N(c5ccc(-c6ccccc6)cc5)c5ccc(-c6ccccc6)cc5)cc4N(c4ccc(C)cc4)c4cccc2c43)cc1. The van der Waals surface area contributed by atoms with Crippen molar-refractivity contribution >= 4 is 149 Å². The fraction of sp³-hybridized carbons (Fsp3) is 0.0924. The highest BCUT2D eigenvalue weighted by atomic mass is 15.2. The van der Waals surface area contributed by atoms with Crippen LogP contribution in [-0.4, -0.2) is 13.4 Å². The molecule has 0 amide bonds. The number of fused-ring (bicyclic) bond motifs is 8. The zero-order valence-corrected chi connectivity index (χ0v) is 73.3. The average molecular weight is 1630 g/mol. The Balaban J connectivity index is 0.000000155.